The zero-order valence-corrected chi connectivity index (χ0v) is 15.7. The lowest BCUT2D eigenvalue weighted by Gasteiger charge is -2.05. The second-order valence-electron chi connectivity index (χ2n) is 5.25. The number of amides is 2. The average molecular weight is 423 g/mol. The number of hydrogen-bond acceptors (Lipinski definition) is 3. The van der Waals surface area contributed by atoms with E-state index in [2.05, 4.69) is 31.8 Å². The molecule has 7 heteroatoms. The Morgan fingerprint density at radius 2 is 1.64 bits per heavy atom. The van der Waals surface area contributed by atoms with Crippen molar-refractivity contribution in [1.82, 2.24) is 5.43 Å². The van der Waals surface area contributed by atoms with Crippen molar-refractivity contribution in [2.45, 2.75) is 19.3 Å². The quantitative estimate of drug-likeness (QED) is 0.514. The van der Waals surface area contributed by atoms with Gasteiger partial charge in [0.25, 0.3) is 0 Å². The molecule has 2 aromatic rings. The summed E-state index contributed by atoms with van der Waals surface area (Å²) in [7, 11) is 0. The molecule has 0 fully saturated rings. The highest BCUT2D eigenvalue weighted by molar-refractivity contribution is 9.10. The molecule has 130 valence electrons. The third kappa shape index (κ3) is 7.49. The van der Waals surface area contributed by atoms with Crippen molar-refractivity contribution in [2.75, 3.05) is 5.32 Å². The van der Waals surface area contributed by atoms with Gasteiger partial charge in [-0.3, -0.25) is 9.59 Å². The van der Waals surface area contributed by atoms with Gasteiger partial charge in [-0.2, -0.15) is 5.10 Å². The summed E-state index contributed by atoms with van der Waals surface area (Å²) in [6, 6.07) is 14.4. The van der Waals surface area contributed by atoms with Gasteiger partial charge in [-0.25, -0.2) is 5.43 Å². The Labute approximate surface area is 159 Å². The third-order valence-electron chi connectivity index (χ3n) is 3.21. The third-order valence-corrected chi connectivity index (χ3v) is 3.99. The first kappa shape index (κ1) is 19.1. The first-order valence-electron chi connectivity index (χ1n) is 7.66. The lowest BCUT2D eigenvalue weighted by Crippen LogP contribution is -2.18. The molecule has 0 aliphatic carbocycles. The van der Waals surface area contributed by atoms with E-state index < -0.39 is 0 Å². The maximum absolute atomic E-state index is 11.8. The van der Waals surface area contributed by atoms with Gasteiger partial charge in [0.2, 0.25) is 11.8 Å². The summed E-state index contributed by atoms with van der Waals surface area (Å²) < 4.78 is 0.946. The lowest BCUT2D eigenvalue weighted by atomic mass is 10.2. The van der Waals surface area contributed by atoms with Crippen molar-refractivity contribution >= 4 is 51.2 Å². The highest BCUT2D eigenvalue weighted by Gasteiger charge is 2.05. The molecule has 0 spiro atoms. The van der Waals surface area contributed by atoms with Crippen LogP contribution in [0, 0.1) is 0 Å². The number of carbonyl (C=O) groups excluding carboxylic acids is 2. The first-order chi connectivity index (χ1) is 12.0. The largest absolute Gasteiger partial charge is 0.326 e. The molecule has 2 N–H and O–H groups in total. The van der Waals surface area contributed by atoms with Crippen LogP contribution in [0.4, 0.5) is 5.69 Å². The summed E-state index contributed by atoms with van der Waals surface area (Å²) in [5.41, 5.74) is 4.00. The summed E-state index contributed by atoms with van der Waals surface area (Å²) in [5.74, 6) is -0.360. The van der Waals surface area contributed by atoms with Crippen LogP contribution in [0.2, 0.25) is 5.02 Å². The minimum absolute atomic E-state index is 0.125. The van der Waals surface area contributed by atoms with E-state index in [1.807, 2.05) is 12.1 Å². The van der Waals surface area contributed by atoms with Crippen LogP contribution in [0.25, 0.3) is 0 Å². The molecule has 5 nitrogen and oxygen atoms in total. The van der Waals surface area contributed by atoms with E-state index in [9.17, 15) is 9.59 Å². The van der Waals surface area contributed by atoms with Gasteiger partial charge in [0.1, 0.15) is 0 Å². The van der Waals surface area contributed by atoms with Gasteiger partial charge >= 0.3 is 0 Å². The molecule has 0 aliphatic heterocycles. The Hall–Kier alpha value is -2.18. The fraction of sp³-hybridized carbons (Fsp3) is 0.167. The lowest BCUT2D eigenvalue weighted by molar-refractivity contribution is -0.121. The second kappa shape index (κ2) is 9.96. The van der Waals surface area contributed by atoms with E-state index in [1.165, 1.54) is 6.21 Å². The van der Waals surface area contributed by atoms with E-state index in [0.717, 1.165) is 15.7 Å². The topological polar surface area (TPSA) is 70.6 Å². The van der Waals surface area contributed by atoms with Gasteiger partial charge in [0.05, 0.1) is 6.21 Å². The molecule has 2 rings (SSSR count). The molecule has 2 aromatic carbocycles. The van der Waals surface area contributed by atoms with Crippen LogP contribution in [0.15, 0.2) is 58.1 Å². The average Bonchev–Trinajstić information content (AvgIpc) is 2.59. The normalized spacial score (nSPS) is 10.6. The number of rotatable bonds is 7. The van der Waals surface area contributed by atoms with E-state index in [1.54, 1.807) is 36.4 Å². The van der Waals surface area contributed by atoms with Gasteiger partial charge in [0, 0.05) is 28.0 Å². The highest BCUT2D eigenvalue weighted by atomic mass is 79.9. The van der Waals surface area contributed by atoms with E-state index >= 15 is 0 Å². The van der Waals surface area contributed by atoms with Crippen molar-refractivity contribution < 1.29 is 9.59 Å². The molecular weight excluding hydrogens is 406 g/mol. The molecule has 0 atom stereocenters. The number of hydrazone groups is 1. The molecule has 0 bridgehead atoms. The second-order valence-corrected chi connectivity index (χ2v) is 6.61. The molecular formula is C18H17BrClN3O2. The van der Waals surface area contributed by atoms with E-state index in [-0.39, 0.29) is 24.7 Å². The van der Waals surface area contributed by atoms with Gasteiger partial charge in [-0.1, -0.05) is 39.7 Å². The predicted molar refractivity (Wildman–Crippen MR) is 104 cm³/mol. The fourth-order valence-electron chi connectivity index (χ4n) is 1.95. The maximum Gasteiger partial charge on any atom is 0.240 e. The fourth-order valence-corrected chi connectivity index (χ4v) is 2.34. The Bertz CT molecular complexity index is 746. The number of halogens is 2. The SMILES string of the molecule is O=C(CCCC(=O)Nc1ccc(Br)cc1)N/N=C\c1ccc(Cl)cc1. The van der Waals surface area contributed by atoms with Crippen molar-refractivity contribution in [3.63, 3.8) is 0 Å². The molecule has 2 amide bonds. The summed E-state index contributed by atoms with van der Waals surface area (Å²) >= 11 is 9.12. The van der Waals surface area contributed by atoms with Crippen molar-refractivity contribution in [3.8, 4) is 0 Å². The molecule has 0 heterocycles. The van der Waals surface area contributed by atoms with E-state index in [4.69, 9.17) is 11.6 Å². The Morgan fingerprint density at radius 3 is 2.32 bits per heavy atom. The van der Waals surface area contributed by atoms with E-state index in [0.29, 0.717) is 11.4 Å². The standard InChI is InChI=1S/C18H17BrClN3O2/c19-14-6-10-16(11-7-14)22-17(24)2-1-3-18(25)23-21-12-13-4-8-15(20)9-5-13/h4-12H,1-3H2,(H,22,24)(H,23,25)/b21-12-. The summed E-state index contributed by atoms with van der Waals surface area (Å²) in [4.78, 5) is 23.5. The molecule has 0 saturated carbocycles. The first-order valence-corrected chi connectivity index (χ1v) is 8.83. The zero-order valence-electron chi connectivity index (χ0n) is 13.3. The minimum atomic E-state index is -0.235. The maximum atomic E-state index is 11.8. The monoisotopic (exact) mass is 421 g/mol. The van der Waals surface area contributed by atoms with Crippen molar-refractivity contribution in [3.05, 3.63) is 63.6 Å². The van der Waals surface area contributed by atoms with Crippen LogP contribution < -0.4 is 10.7 Å². The minimum Gasteiger partial charge on any atom is -0.326 e. The molecule has 0 saturated heterocycles. The Morgan fingerprint density at radius 1 is 1.00 bits per heavy atom. The van der Waals surface area contributed by atoms with Crippen LogP contribution >= 0.6 is 27.5 Å². The number of carbonyl (C=O) groups is 2. The van der Waals surface area contributed by atoms with Crippen LogP contribution in [0.3, 0.4) is 0 Å². The predicted octanol–water partition coefficient (Wildman–Crippen LogP) is 4.36. The summed E-state index contributed by atoms with van der Waals surface area (Å²) in [6.07, 6.45) is 2.48. The van der Waals surface area contributed by atoms with Gasteiger partial charge < -0.3 is 5.32 Å². The van der Waals surface area contributed by atoms with Crippen LogP contribution in [0.5, 0.6) is 0 Å². The number of nitrogens with zero attached hydrogens (tertiary/aromatic N) is 1. The van der Waals surface area contributed by atoms with Crippen LogP contribution in [-0.2, 0) is 9.59 Å². The highest BCUT2D eigenvalue weighted by Crippen LogP contribution is 2.14. The van der Waals surface area contributed by atoms with Crippen molar-refractivity contribution in [2.24, 2.45) is 5.10 Å². The smallest absolute Gasteiger partial charge is 0.240 e. The van der Waals surface area contributed by atoms with Gasteiger partial charge in [0.15, 0.2) is 0 Å². The number of nitrogens with one attached hydrogen (secondary N) is 2. The molecule has 0 aliphatic rings. The molecule has 25 heavy (non-hydrogen) atoms. The Balaban J connectivity index is 1.65. The number of hydrogen-bond donors (Lipinski definition) is 2. The molecule has 0 aromatic heterocycles. The number of benzene rings is 2. The van der Waals surface area contributed by atoms with Crippen LogP contribution in [0.1, 0.15) is 24.8 Å². The summed E-state index contributed by atoms with van der Waals surface area (Å²) in [6.45, 7) is 0. The van der Waals surface area contributed by atoms with Gasteiger partial charge in [-0.15, -0.1) is 0 Å². The van der Waals surface area contributed by atoms with Crippen LogP contribution in [-0.4, -0.2) is 18.0 Å². The molecule has 0 radical (unpaired) electrons. The number of anilines is 1. The van der Waals surface area contributed by atoms with Crippen molar-refractivity contribution in [1.29, 1.82) is 0 Å². The molecule has 0 unspecified atom stereocenters. The summed E-state index contributed by atoms with van der Waals surface area (Å²) in [5, 5.41) is 7.29. The zero-order chi connectivity index (χ0) is 18.1. The Kier molecular flexibility index (Phi) is 7.63. The van der Waals surface area contributed by atoms with Gasteiger partial charge in [-0.05, 0) is 48.4 Å².